The number of likely N-dealkylation sites (N-methyl/N-ethyl adjacent to an activating group) is 1. The predicted octanol–water partition coefficient (Wildman–Crippen LogP) is 4.29. The van der Waals surface area contributed by atoms with Gasteiger partial charge in [-0.2, -0.15) is 0 Å². The molecule has 0 saturated carbocycles. The Balaban J connectivity index is 2.24. The first-order valence-electron chi connectivity index (χ1n) is 6.10. The van der Waals surface area contributed by atoms with Crippen LogP contribution in [0.25, 0.3) is 10.6 Å². The summed E-state index contributed by atoms with van der Waals surface area (Å²) in [5.41, 5.74) is 2.38. The highest BCUT2D eigenvalue weighted by molar-refractivity contribution is 9.10. The molecule has 2 nitrogen and oxygen atoms in total. The van der Waals surface area contributed by atoms with E-state index in [4.69, 9.17) is 4.98 Å². The summed E-state index contributed by atoms with van der Waals surface area (Å²) < 4.78 is 1.10. The van der Waals surface area contributed by atoms with Gasteiger partial charge in [0.15, 0.2) is 0 Å². The zero-order chi connectivity index (χ0) is 13.0. The summed E-state index contributed by atoms with van der Waals surface area (Å²) in [6.07, 6.45) is 1.11. The molecule has 0 fully saturated rings. The van der Waals surface area contributed by atoms with Crippen LogP contribution in [0.1, 0.15) is 25.0 Å². The van der Waals surface area contributed by atoms with Crippen LogP contribution in [-0.2, 0) is 0 Å². The van der Waals surface area contributed by atoms with Gasteiger partial charge in [0.25, 0.3) is 0 Å². The summed E-state index contributed by atoms with van der Waals surface area (Å²) in [5.74, 6) is 0.507. The maximum Gasteiger partial charge on any atom is 0.123 e. The molecule has 1 unspecified atom stereocenters. The molecule has 1 N–H and O–H groups in total. The summed E-state index contributed by atoms with van der Waals surface area (Å²) >= 11 is 5.22. The first-order valence-corrected chi connectivity index (χ1v) is 7.77. The molecule has 0 radical (unpaired) electrons. The minimum absolute atomic E-state index is 0.507. The molecule has 1 heterocycles. The van der Waals surface area contributed by atoms with Gasteiger partial charge in [0.05, 0.1) is 5.69 Å². The number of rotatable bonds is 5. The molecule has 2 aromatic rings. The number of thiazole rings is 1. The highest BCUT2D eigenvalue weighted by atomic mass is 79.9. The van der Waals surface area contributed by atoms with Crippen LogP contribution in [0.2, 0.25) is 0 Å². The number of halogens is 1. The SMILES string of the molecule is CCC(CNC)c1csc(-c2cccc(Br)c2)n1. The van der Waals surface area contributed by atoms with Gasteiger partial charge in [-0.25, -0.2) is 4.98 Å². The van der Waals surface area contributed by atoms with Crippen molar-refractivity contribution in [2.75, 3.05) is 13.6 Å². The van der Waals surface area contributed by atoms with Crippen LogP contribution in [0.4, 0.5) is 0 Å². The molecule has 4 heteroatoms. The van der Waals surface area contributed by atoms with Crippen molar-refractivity contribution >= 4 is 27.3 Å². The first kappa shape index (κ1) is 13.7. The summed E-state index contributed by atoms with van der Waals surface area (Å²) in [4.78, 5) is 4.77. The van der Waals surface area contributed by atoms with Crippen LogP contribution in [-0.4, -0.2) is 18.6 Å². The van der Waals surface area contributed by atoms with Crippen molar-refractivity contribution in [3.63, 3.8) is 0 Å². The Morgan fingerprint density at radius 1 is 1.44 bits per heavy atom. The van der Waals surface area contributed by atoms with E-state index in [9.17, 15) is 0 Å². The lowest BCUT2D eigenvalue weighted by Gasteiger charge is -2.10. The number of hydrogen-bond acceptors (Lipinski definition) is 3. The Morgan fingerprint density at radius 3 is 2.94 bits per heavy atom. The number of nitrogens with zero attached hydrogens (tertiary/aromatic N) is 1. The first-order chi connectivity index (χ1) is 8.74. The van der Waals surface area contributed by atoms with Crippen molar-refractivity contribution in [1.82, 2.24) is 10.3 Å². The molecule has 2 rings (SSSR count). The maximum atomic E-state index is 4.77. The van der Waals surface area contributed by atoms with Gasteiger partial charge in [-0.3, -0.25) is 0 Å². The van der Waals surface area contributed by atoms with Crippen molar-refractivity contribution in [2.45, 2.75) is 19.3 Å². The fourth-order valence-corrected chi connectivity index (χ4v) is 3.23. The van der Waals surface area contributed by atoms with E-state index in [-0.39, 0.29) is 0 Å². The smallest absolute Gasteiger partial charge is 0.123 e. The Kier molecular flexibility index (Phi) is 4.92. The molecule has 1 atom stereocenters. The summed E-state index contributed by atoms with van der Waals surface area (Å²) in [7, 11) is 1.99. The fraction of sp³-hybridized carbons (Fsp3) is 0.357. The minimum atomic E-state index is 0.507. The second-order valence-corrected chi connectivity index (χ2v) is 6.02. The van der Waals surface area contributed by atoms with E-state index in [0.29, 0.717) is 5.92 Å². The van der Waals surface area contributed by atoms with Crippen molar-refractivity contribution in [1.29, 1.82) is 0 Å². The van der Waals surface area contributed by atoms with Crippen LogP contribution < -0.4 is 5.32 Å². The molecule has 1 aromatic heterocycles. The molecular weight excluding hydrogens is 308 g/mol. The topological polar surface area (TPSA) is 24.9 Å². The average molecular weight is 325 g/mol. The number of nitrogens with one attached hydrogen (secondary N) is 1. The third kappa shape index (κ3) is 3.19. The minimum Gasteiger partial charge on any atom is -0.319 e. The van der Waals surface area contributed by atoms with E-state index in [2.05, 4.69) is 45.7 Å². The van der Waals surface area contributed by atoms with Crippen molar-refractivity contribution in [3.8, 4) is 10.6 Å². The van der Waals surface area contributed by atoms with E-state index in [1.807, 2.05) is 19.2 Å². The number of hydrogen-bond donors (Lipinski definition) is 1. The van der Waals surface area contributed by atoms with E-state index < -0.39 is 0 Å². The van der Waals surface area contributed by atoms with Crippen LogP contribution >= 0.6 is 27.3 Å². The predicted molar refractivity (Wildman–Crippen MR) is 82.2 cm³/mol. The standard InChI is InChI=1S/C14H17BrN2S/c1-3-10(8-16-2)13-9-18-14(17-13)11-5-4-6-12(15)7-11/h4-7,9-10,16H,3,8H2,1-2H3. The molecule has 1 aromatic carbocycles. The van der Waals surface area contributed by atoms with Gasteiger partial charge in [0, 0.05) is 27.9 Å². The summed E-state index contributed by atoms with van der Waals surface area (Å²) in [5, 5.41) is 6.51. The normalized spacial score (nSPS) is 12.6. The Bertz CT molecular complexity index is 510. The van der Waals surface area contributed by atoms with Gasteiger partial charge in [0.2, 0.25) is 0 Å². The second kappa shape index (κ2) is 6.45. The highest BCUT2D eigenvalue weighted by Crippen LogP contribution is 2.29. The Hall–Kier alpha value is -0.710. The molecule has 0 aliphatic heterocycles. The highest BCUT2D eigenvalue weighted by Gasteiger charge is 2.13. The lowest BCUT2D eigenvalue weighted by molar-refractivity contribution is 0.600. The molecule has 96 valence electrons. The molecule has 0 aliphatic carbocycles. The Morgan fingerprint density at radius 2 is 2.28 bits per heavy atom. The molecule has 18 heavy (non-hydrogen) atoms. The number of benzene rings is 1. The Labute approximate surface area is 121 Å². The monoisotopic (exact) mass is 324 g/mol. The molecule has 0 amide bonds. The molecule has 0 spiro atoms. The summed E-state index contributed by atoms with van der Waals surface area (Å²) in [6.45, 7) is 3.19. The van der Waals surface area contributed by atoms with Gasteiger partial charge >= 0.3 is 0 Å². The number of aromatic nitrogens is 1. The molecule has 0 saturated heterocycles. The molecule has 0 bridgehead atoms. The zero-order valence-electron chi connectivity index (χ0n) is 10.6. The van der Waals surface area contributed by atoms with Crippen molar-refractivity contribution in [3.05, 3.63) is 39.8 Å². The van der Waals surface area contributed by atoms with E-state index in [1.165, 1.54) is 11.3 Å². The van der Waals surface area contributed by atoms with Gasteiger partial charge < -0.3 is 5.32 Å². The van der Waals surface area contributed by atoms with Crippen LogP contribution in [0, 0.1) is 0 Å². The second-order valence-electron chi connectivity index (χ2n) is 4.25. The van der Waals surface area contributed by atoms with E-state index in [1.54, 1.807) is 11.3 Å². The third-order valence-corrected chi connectivity index (χ3v) is 4.36. The third-order valence-electron chi connectivity index (χ3n) is 2.96. The molecular formula is C14H17BrN2S. The van der Waals surface area contributed by atoms with Crippen LogP contribution in [0.3, 0.4) is 0 Å². The van der Waals surface area contributed by atoms with Crippen molar-refractivity contribution < 1.29 is 0 Å². The van der Waals surface area contributed by atoms with Gasteiger partial charge in [-0.05, 0) is 25.6 Å². The van der Waals surface area contributed by atoms with Crippen LogP contribution in [0.15, 0.2) is 34.1 Å². The van der Waals surface area contributed by atoms with Gasteiger partial charge in [0.1, 0.15) is 5.01 Å². The van der Waals surface area contributed by atoms with Gasteiger partial charge in [-0.1, -0.05) is 35.0 Å². The average Bonchev–Trinajstić information content (AvgIpc) is 2.85. The van der Waals surface area contributed by atoms with E-state index >= 15 is 0 Å². The lowest BCUT2D eigenvalue weighted by atomic mass is 10.0. The maximum absolute atomic E-state index is 4.77. The van der Waals surface area contributed by atoms with Crippen molar-refractivity contribution in [2.24, 2.45) is 0 Å². The van der Waals surface area contributed by atoms with E-state index in [0.717, 1.165) is 22.4 Å². The molecule has 0 aliphatic rings. The van der Waals surface area contributed by atoms with Crippen LogP contribution in [0.5, 0.6) is 0 Å². The quantitative estimate of drug-likeness (QED) is 0.887. The summed E-state index contributed by atoms with van der Waals surface area (Å²) in [6, 6.07) is 8.30. The largest absolute Gasteiger partial charge is 0.319 e. The zero-order valence-corrected chi connectivity index (χ0v) is 13.0. The fourth-order valence-electron chi connectivity index (χ4n) is 1.93. The van der Waals surface area contributed by atoms with Gasteiger partial charge in [-0.15, -0.1) is 11.3 Å². The lowest BCUT2D eigenvalue weighted by Crippen LogP contribution is -2.16.